The molecular weight excluding hydrogens is 1360 g/mol. The molecule has 26 atom stereocenters. The van der Waals surface area contributed by atoms with Gasteiger partial charge in [-0.3, -0.25) is 14.4 Å². The van der Waals surface area contributed by atoms with E-state index in [2.05, 4.69) is 132 Å². The number of rotatable bonds is 6. The molecule has 606 valence electrons. The SMILES string of the molecule is [C-]#[N+]C1=C[C@]2(C)[C@H]3CC(=O)[C@@H]4[C@@H]5CC(C)(C)CC[C@]5(C(O)CC)CC[C@@]4(C)[C@]3(C)CC[C@H]2C(C)(C)C1=O.[C-]#[N+]C1=C[C@]2(C)[C@H]3CC(=O)[C@@H]4[C@@H]5CC(C)(C)CC[C@]5(C(O)CC)CC[C@@]4(C)[C@]3(C)CC[C@H]2C(C)(C)C1=O.[C-]#[N+]C1=C[C@]2(C)[C@H]3CC(=O)[C@@H]4[C@@H]5CC(C)(C)CC[C@]5(COC)CC[C@@]4(C)[C@]3(C)CC[C@H]2C(C)(C)C1=O. The van der Waals surface area contributed by atoms with Crippen LogP contribution in [0.3, 0.4) is 0 Å². The molecule has 0 aromatic heterocycles. The molecule has 12 fully saturated rings. The zero-order valence-corrected chi connectivity index (χ0v) is 73.0. The van der Waals surface area contributed by atoms with Gasteiger partial charge in [-0.25, -0.2) is 14.5 Å². The van der Waals surface area contributed by atoms with Crippen molar-refractivity contribution in [2.24, 2.45) is 168 Å². The molecule has 15 aliphatic rings. The van der Waals surface area contributed by atoms with Crippen molar-refractivity contribution in [3.63, 3.8) is 0 Å². The number of hydrogen-bond acceptors (Lipinski definition) is 9. The lowest BCUT2D eigenvalue weighted by atomic mass is 9.31. The van der Waals surface area contributed by atoms with Crippen molar-refractivity contribution >= 4 is 34.7 Å². The molecule has 0 aromatic carbocycles. The van der Waals surface area contributed by atoms with E-state index in [1.807, 2.05) is 66.9 Å². The Hall–Kier alpha value is -4.41. The molecule has 0 aromatic rings. The minimum atomic E-state index is -0.591. The molecule has 2 N–H and O–H groups in total. The lowest BCUT2D eigenvalue weighted by Crippen LogP contribution is -2.69. The van der Waals surface area contributed by atoms with Crippen molar-refractivity contribution in [3.8, 4) is 0 Å². The van der Waals surface area contributed by atoms with Crippen LogP contribution in [-0.2, 0) is 33.5 Å². The Labute approximate surface area is 664 Å². The number of aliphatic hydroxyl groups is 2. The smallest absolute Gasteiger partial charge is 0.226 e. The number of ether oxygens (including phenoxy) is 1. The first-order valence-corrected chi connectivity index (χ1v) is 44.1. The van der Waals surface area contributed by atoms with E-state index in [0.717, 1.165) is 148 Å². The average Bonchev–Trinajstić information content (AvgIpc) is 0.679. The first kappa shape index (κ1) is 83.5. The van der Waals surface area contributed by atoms with Crippen molar-refractivity contribution in [2.45, 2.75) is 338 Å². The van der Waals surface area contributed by atoms with Crippen LogP contribution in [0.25, 0.3) is 14.5 Å². The molecule has 0 spiro atoms. The van der Waals surface area contributed by atoms with Crippen molar-refractivity contribution in [1.82, 2.24) is 0 Å². The van der Waals surface area contributed by atoms with Gasteiger partial charge in [0.25, 0.3) is 0 Å². The molecule has 110 heavy (non-hydrogen) atoms. The second-order valence-corrected chi connectivity index (χ2v) is 47.1. The molecule has 0 heterocycles. The minimum absolute atomic E-state index is 0.00223. The summed E-state index contributed by atoms with van der Waals surface area (Å²) in [6.07, 6.45) is 30.4. The molecule has 0 bridgehead atoms. The van der Waals surface area contributed by atoms with E-state index < -0.39 is 16.2 Å². The molecule has 0 aliphatic heterocycles. The monoisotopic (exact) mass is 1510 g/mol. The van der Waals surface area contributed by atoms with Crippen LogP contribution < -0.4 is 0 Å². The zero-order valence-electron chi connectivity index (χ0n) is 73.0. The van der Waals surface area contributed by atoms with Crippen LogP contribution in [0.1, 0.15) is 326 Å². The average molecular weight is 1510 g/mol. The third-order valence-corrected chi connectivity index (χ3v) is 40.2. The number of ketones is 6. The van der Waals surface area contributed by atoms with Crippen LogP contribution in [0.2, 0.25) is 0 Å². The van der Waals surface area contributed by atoms with Crippen LogP contribution in [0.4, 0.5) is 0 Å². The molecule has 12 saturated carbocycles. The minimum Gasteiger partial charge on any atom is -0.393 e. The van der Waals surface area contributed by atoms with Crippen LogP contribution >= 0.6 is 0 Å². The number of carbonyl (C=O) groups is 6. The second-order valence-electron chi connectivity index (χ2n) is 47.1. The van der Waals surface area contributed by atoms with Crippen LogP contribution in [0.5, 0.6) is 0 Å². The summed E-state index contributed by atoms with van der Waals surface area (Å²) >= 11 is 0. The van der Waals surface area contributed by atoms with E-state index in [-0.39, 0.29) is 187 Å². The summed E-state index contributed by atoms with van der Waals surface area (Å²) in [7, 11) is 1.83. The number of aliphatic hydroxyl groups excluding tert-OH is 2. The fourth-order valence-electron chi connectivity index (χ4n) is 33.5. The number of carbonyl (C=O) groups excluding carboxylic acids is 6. The number of nitrogens with zero attached hydrogens (tertiary/aromatic N) is 3. The summed E-state index contributed by atoms with van der Waals surface area (Å²) in [4.78, 5) is 94.3. The van der Waals surface area contributed by atoms with Crippen molar-refractivity contribution in [2.75, 3.05) is 13.7 Å². The third-order valence-electron chi connectivity index (χ3n) is 40.2. The van der Waals surface area contributed by atoms with Gasteiger partial charge >= 0.3 is 0 Å². The molecule has 12 heteroatoms. The number of hydrogen-bond donors (Lipinski definition) is 2. The fraction of sp³-hybridized carbons (Fsp3) is 0.847. The highest BCUT2D eigenvalue weighted by molar-refractivity contribution is 6.04. The predicted molar refractivity (Wildman–Crippen MR) is 434 cm³/mol. The van der Waals surface area contributed by atoms with Crippen LogP contribution in [0.15, 0.2) is 35.3 Å². The van der Waals surface area contributed by atoms with Gasteiger partial charge in [-0.05, 0) is 282 Å². The number of allylic oxidation sites excluding steroid dienone is 6. The first-order chi connectivity index (χ1) is 50.7. The topological polar surface area (TPSA) is 165 Å². The maximum atomic E-state index is 14.5. The van der Waals surface area contributed by atoms with Gasteiger partial charge in [0, 0.05) is 60.4 Å². The van der Waals surface area contributed by atoms with Gasteiger partial charge in [-0.15, -0.1) is 0 Å². The zero-order chi connectivity index (χ0) is 81.3. The van der Waals surface area contributed by atoms with E-state index in [1.54, 1.807) is 0 Å². The van der Waals surface area contributed by atoms with Gasteiger partial charge in [0.15, 0.2) is 17.3 Å². The van der Waals surface area contributed by atoms with Crippen molar-refractivity contribution in [3.05, 3.63) is 69.6 Å². The van der Waals surface area contributed by atoms with Gasteiger partial charge in [0.1, 0.15) is 17.3 Å². The molecule has 0 radical (unpaired) electrons. The maximum absolute atomic E-state index is 14.5. The van der Waals surface area contributed by atoms with E-state index in [4.69, 9.17) is 24.5 Å². The number of Topliss-reactive ketones (excluding diaryl/α,β-unsaturated/α-hetero) is 6. The van der Waals surface area contributed by atoms with E-state index in [0.29, 0.717) is 48.2 Å². The molecule has 0 amide bonds. The summed E-state index contributed by atoms with van der Waals surface area (Å²) < 4.78 is 5.85. The number of methoxy groups -OCH3 is 1. The summed E-state index contributed by atoms with van der Waals surface area (Å²) in [6.45, 7) is 76.0. The highest BCUT2D eigenvalue weighted by atomic mass is 16.5. The molecule has 2 unspecified atom stereocenters. The normalized spacial score (nSPS) is 49.0. The first-order valence-electron chi connectivity index (χ1n) is 44.1. The standard InChI is InChI=1S/2C33H49NO3.C32H47NO3/c2*1-10-25(36)33-15-13-28(2,3)18-20(33)26-22(35)17-24-30(6)19-21(34-9)27(37)29(4,5)23(30)11-12-31(24,7)32(26,8)14-16-33;1-27(2)12-14-32(19-36-9)15-13-31(7)25(20(32)17-27)22(34)16-24-29(5)18-21(33-8)26(35)28(3,4)23(29)10-11-30(24,31)6/h2*19-20,23-26,36H,10-18H2,1-8H3;18,20,23-25H,10-17,19H2,1-7,9H3/t2*20-,23-,24+,25?,26-,30-,31+,32+,33-;20-,23-,24+,25-,29-,30+,31+,32+/m000/s1. The predicted octanol–water partition coefficient (Wildman–Crippen LogP) is 22.1. The second kappa shape index (κ2) is 26.3. The number of fused-ring (bicyclic) bond motifs is 21. The van der Waals surface area contributed by atoms with E-state index in [9.17, 15) is 39.0 Å². The quantitative estimate of drug-likeness (QED) is 0.246. The van der Waals surface area contributed by atoms with E-state index >= 15 is 0 Å². The molecule has 12 nitrogen and oxygen atoms in total. The summed E-state index contributed by atoms with van der Waals surface area (Å²) in [5, 5.41) is 22.9. The van der Waals surface area contributed by atoms with Gasteiger partial charge < -0.3 is 29.3 Å². The Balaban J connectivity index is 0.000000145. The lowest BCUT2D eigenvalue weighted by molar-refractivity contribution is -0.234. The lowest BCUT2D eigenvalue weighted by Gasteiger charge is -2.72. The summed E-state index contributed by atoms with van der Waals surface area (Å²) in [5.74, 6) is 2.84. The summed E-state index contributed by atoms with van der Waals surface area (Å²) in [6, 6.07) is 0. The Bertz CT molecular complexity index is 3890. The van der Waals surface area contributed by atoms with Crippen molar-refractivity contribution in [1.29, 1.82) is 0 Å². The highest BCUT2D eigenvalue weighted by Crippen LogP contribution is 2.81. The molecule has 15 aliphatic carbocycles. The highest BCUT2D eigenvalue weighted by Gasteiger charge is 2.77. The van der Waals surface area contributed by atoms with Gasteiger partial charge in [-0.2, -0.15) is 0 Å². The Morgan fingerprint density at radius 1 is 0.373 bits per heavy atom. The largest absolute Gasteiger partial charge is 0.393 e. The van der Waals surface area contributed by atoms with Crippen LogP contribution in [-0.4, -0.2) is 70.8 Å². The van der Waals surface area contributed by atoms with Gasteiger partial charge in [-0.1, -0.05) is 177 Å². The van der Waals surface area contributed by atoms with Gasteiger partial charge in [0.2, 0.25) is 17.1 Å². The Kier molecular flexibility index (Phi) is 20.0. The molecular formula is C98H145N3O9. The molecule has 15 rings (SSSR count). The third kappa shape index (κ3) is 11.2. The molecule has 0 saturated heterocycles. The summed E-state index contributed by atoms with van der Waals surface area (Å²) in [5.41, 5.74) is -1.97. The van der Waals surface area contributed by atoms with E-state index in [1.165, 1.54) is 6.42 Å². The van der Waals surface area contributed by atoms with Crippen LogP contribution in [0, 0.1) is 188 Å². The Morgan fingerprint density at radius 3 is 0.927 bits per heavy atom. The Morgan fingerprint density at radius 2 is 0.636 bits per heavy atom. The van der Waals surface area contributed by atoms with Gasteiger partial charge in [0.05, 0.1) is 38.5 Å². The fourth-order valence-corrected chi connectivity index (χ4v) is 33.5. The van der Waals surface area contributed by atoms with Crippen molar-refractivity contribution < 1.29 is 43.7 Å². The maximum Gasteiger partial charge on any atom is 0.226 e.